The maximum Gasteiger partial charge on any atom is 0.245 e. The summed E-state index contributed by atoms with van der Waals surface area (Å²) >= 11 is 1.69. The van der Waals surface area contributed by atoms with E-state index in [-0.39, 0.29) is 24.0 Å². The Morgan fingerprint density at radius 1 is 1.35 bits per heavy atom. The van der Waals surface area contributed by atoms with Gasteiger partial charge in [0.05, 0.1) is 30.2 Å². The number of piperidine rings is 1. The van der Waals surface area contributed by atoms with Gasteiger partial charge in [-0.25, -0.2) is 9.98 Å². The predicted molar refractivity (Wildman–Crippen MR) is 151 cm³/mol. The van der Waals surface area contributed by atoms with Crippen LogP contribution in [0.3, 0.4) is 0 Å². The van der Waals surface area contributed by atoms with E-state index in [2.05, 4.69) is 54.1 Å². The molecule has 4 heterocycles. The van der Waals surface area contributed by atoms with Crippen LogP contribution in [0.5, 0.6) is 0 Å². The zero-order valence-electron chi connectivity index (χ0n) is 22.2. The Kier molecular flexibility index (Phi) is 9.76. The largest absolute Gasteiger partial charge is 0.377 e. The first kappa shape index (κ1) is 27.3. The van der Waals surface area contributed by atoms with Crippen molar-refractivity contribution >= 4 is 35.0 Å². The van der Waals surface area contributed by atoms with Crippen molar-refractivity contribution in [1.82, 2.24) is 20.1 Å². The molecule has 1 unspecified atom stereocenters. The van der Waals surface area contributed by atoms with E-state index >= 15 is 0 Å². The molecule has 0 aliphatic carbocycles. The first-order valence-corrected chi connectivity index (χ1v) is 14.1. The SMILES string of the molecule is C=CC(=O)N1CCC(N=C2CC(CN(C)CCOC(C)C)C=C(/N=C3\CSc4ncccc4N3)N2)CC1. The van der Waals surface area contributed by atoms with Gasteiger partial charge in [0.15, 0.2) is 0 Å². The van der Waals surface area contributed by atoms with E-state index < -0.39 is 0 Å². The number of ether oxygens (including phenoxy) is 1. The molecular formula is C27H39N7O2S. The number of aliphatic imine (C=N–C) groups is 2. The van der Waals surface area contributed by atoms with Crippen LogP contribution in [-0.4, -0.2) is 90.1 Å². The van der Waals surface area contributed by atoms with E-state index in [0.717, 1.165) is 72.9 Å². The van der Waals surface area contributed by atoms with E-state index in [4.69, 9.17) is 14.7 Å². The van der Waals surface area contributed by atoms with Crippen LogP contribution in [0.4, 0.5) is 5.69 Å². The molecular weight excluding hydrogens is 486 g/mol. The number of hydrogen-bond donors (Lipinski definition) is 2. The average molecular weight is 526 g/mol. The second-order valence-electron chi connectivity index (χ2n) is 9.99. The highest BCUT2D eigenvalue weighted by atomic mass is 32.2. The number of pyridine rings is 1. The van der Waals surface area contributed by atoms with Gasteiger partial charge in [-0.15, -0.1) is 0 Å². The molecule has 1 saturated heterocycles. The van der Waals surface area contributed by atoms with Crippen molar-refractivity contribution in [3.05, 3.63) is 42.9 Å². The Morgan fingerprint density at radius 3 is 2.92 bits per heavy atom. The Labute approximate surface area is 224 Å². The molecule has 3 aliphatic heterocycles. The number of thioether (sulfide) groups is 1. The van der Waals surface area contributed by atoms with Gasteiger partial charge in [-0.2, -0.15) is 0 Å². The lowest BCUT2D eigenvalue weighted by atomic mass is 9.99. The monoisotopic (exact) mass is 525 g/mol. The fourth-order valence-electron chi connectivity index (χ4n) is 4.67. The van der Waals surface area contributed by atoms with Crippen molar-refractivity contribution in [2.45, 2.75) is 50.3 Å². The molecule has 0 aromatic carbocycles. The minimum absolute atomic E-state index is 0.00196. The van der Waals surface area contributed by atoms with Crippen molar-refractivity contribution in [1.29, 1.82) is 0 Å². The van der Waals surface area contributed by atoms with Crippen LogP contribution in [0.15, 0.2) is 57.9 Å². The van der Waals surface area contributed by atoms with Gasteiger partial charge in [0, 0.05) is 44.7 Å². The average Bonchev–Trinajstić information content (AvgIpc) is 2.88. The molecule has 0 saturated carbocycles. The van der Waals surface area contributed by atoms with Gasteiger partial charge in [-0.05, 0) is 58.0 Å². The fraction of sp³-hybridized carbons (Fsp3) is 0.556. The molecule has 4 rings (SSSR count). The number of carbonyl (C=O) groups excluding carboxylic acids is 1. The molecule has 0 bridgehead atoms. The Morgan fingerprint density at radius 2 is 2.16 bits per heavy atom. The van der Waals surface area contributed by atoms with Crippen LogP contribution in [-0.2, 0) is 9.53 Å². The van der Waals surface area contributed by atoms with Gasteiger partial charge in [0.25, 0.3) is 0 Å². The second-order valence-corrected chi connectivity index (χ2v) is 11.0. The molecule has 0 radical (unpaired) electrons. The summed E-state index contributed by atoms with van der Waals surface area (Å²) < 4.78 is 5.74. The third-order valence-corrected chi connectivity index (χ3v) is 7.55. The summed E-state index contributed by atoms with van der Waals surface area (Å²) in [6, 6.07) is 4.16. The number of hydrogen-bond acceptors (Lipinski definition) is 7. The van der Waals surface area contributed by atoms with Gasteiger partial charge < -0.3 is 25.2 Å². The van der Waals surface area contributed by atoms with Crippen molar-refractivity contribution in [3.8, 4) is 0 Å². The summed E-state index contributed by atoms with van der Waals surface area (Å²) in [7, 11) is 2.14. The van der Waals surface area contributed by atoms with Gasteiger partial charge in [0.2, 0.25) is 5.91 Å². The number of nitrogens with zero attached hydrogens (tertiary/aromatic N) is 5. The van der Waals surface area contributed by atoms with Crippen molar-refractivity contribution in [3.63, 3.8) is 0 Å². The summed E-state index contributed by atoms with van der Waals surface area (Å²) in [5.41, 5.74) is 0.991. The molecule has 9 nitrogen and oxygen atoms in total. The highest BCUT2D eigenvalue weighted by Gasteiger charge is 2.25. The second kappa shape index (κ2) is 13.2. The number of rotatable bonds is 9. The Balaban J connectivity index is 1.45. The van der Waals surface area contributed by atoms with Crippen LogP contribution in [0.2, 0.25) is 0 Å². The van der Waals surface area contributed by atoms with Gasteiger partial charge in [-0.1, -0.05) is 18.3 Å². The number of fused-ring (bicyclic) bond motifs is 1. The highest BCUT2D eigenvalue weighted by Crippen LogP contribution is 2.29. The number of carbonyl (C=O) groups is 1. The normalized spacial score (nSPS) is 22.6. The maximum absolute atomic E-state index is 11.9. The lowest BCUT2D eigenvalue weighted by molar-refractivity contribution is -0.126. The Hall–Kier alpha value is -2.69. The van der Waals surface area contributed by atoms with E-state index in [9.17, 15) is 4.79 Å². The van der Waals surface area contributed by atoms with Gasteiger partial charge in [-0.3, -0.25) is 9.79 Å². The van der Waals surface area contributed by atoms with Crippen LogP contribution in [0.1, 0.15) is 33.1 Å². The molecule has 2 N–H and O–H groups in total. The predicted octanol–water partition coefficient (Wildman–Crippen LogP) is 3.38. The lowest BCUT2D eigenvalue weighted by Crippen LogP contribution is -2.40. The molecule has 1 aromatic rings. The molecule has 1 atom stereocenters. The number of likely N-dealkylation sites (tertiary alicyclic amines) is 1. The molecule has 1 amide bonds. The summed E-state index contributed by atoms with van der Waals surface area (Å²) in [5, 5.41) is 7.93. The lowest BCUT2D eigenvalue weighted by Gasteiger charge is -2.31. The van der Waals surface area contributed by atoms with Crippen molar-refractivity contribution < 1.29 is 9.53 Å². The molecule has 3 aliphatic rings. The highest BCUT2D eigenvalue weighted by molar-refractivity contribution is 8.00. The van der Waals surface area contributed by atoms with Crippen molar-refractivity contribution in [2.75, 3.05) is 50.9 Å². The van der Waals surface area contributed by atoms with Gasteiger partial charge >= 0.3 is 0 Å². The molecule has 1 fully saturated rings. The third-order valence-electron chi connectivity index (χ3n) is 6.53. The summed E-state index contributed by atoms with van der Waals surface area (Å²) in [6.45, 7) is 11.7. The fourth-order valence-corrected chi connectivity index (χ4v) is 5.49. The molecule has 0 spiro atoms. The van der Waals surface area contributed by atoms with Crippen LogP contribution < -0.4 is 10.6 Å². The number of amides is 1. The number of aromatic nitrogens is 1. The zero-order chi connectivity index (χ0) is 26.2. The smallest absolute Gasteiger partial charge is 0.245 e. The summed E-state index contributed by atoms with van der Waals surface area (Å²) in [4.78, 5) is 30.6. The molecule has 37 heavy (non-hydrogen) atoms. The van der Waals surface area contributed by atoms with Crippen molar-refractivity contribution in [2.24, 2.45) is 15.9 Å². The topological polar surface area (TPSA) is 94.5 Å². The zero-order valence-corrected chi connectivity index (χ0v) is 23.0. The van der Waals surface area contributed by atoms with E-state index in [1.807, 2.05) is 23.2 Å². The van der Waals surface area contributed by atoms with Crippen LogP contribution in [0.25, 0.3) is 0 Å². The number of amidine groups is 2. The van der Waals surface area contributed by atoms with Crippen LogP contribution in [0, 0.1) is 5.92 Å². The summed E-state index contributed by atoms with van der Waals surface area (Å²) in [5.74, 6) is 3.73. The molecule has 1 aromatic heterocycles. The van der Waals surface area contributed by atoms with E-state index in [1.54, 1.807) is 11.8 Å². The molecule has 10 heteroatoms. The number of anilines is 1. The standard InChI is InChI=1S/C27H39N7O2S/c1-5-26(35)34-11-8-21(9-12-34)29-23-15-20(17-33(4)13-14-36-19(2)3)16-24(31-23)32-25-18-37-27-22(30-25)7-6-10-28-27/h5-7,10,16,19-21H,1,8-9,11-15,17-18H2,2-4H3,(H,29,31)(H,30,32). The first-order chi connectivity index (χ1) is 17.9. The quantitative estimate of drug-likeness (QED) is 0.478. The summed E-state index contributed by atoms with van der Waals surface area (Å²) in [6.07, 6.45) is 8.23. The molecule has 200 valence electrons. The number of likely N-dealkylation sites (N-methyl/N-ethyl adjacent to an activating group) is 1. The third kappa shape index (κ3) is 8.15. The van der Waals surface area contributed by atoms with E-state index in [1.165, 1.54) is 6.08 Å². The van der Waals surface area contributed by atoms with Gasteiger partial charge in [0.1, 0.15) is 22.5 Å². The maximum atomic E-state index is 11.9. The minimum Gasteiger partial charge on any atom is -0.377 e. The minimum atomic E-state index is 0.00196. The first-order valence-electron chi connectivity index (χ1n) is 13.1. The van der Waals surface area contributed by atoms with E-state index in [0.29, 0.717) is 13.1 Å². The number of nitrogens with one attached hydrogen (secondary N) is 2. The Bertz CT molecular complexity index is 1050. The van der Waals surface area contributed by atoms with Crippen LogP contribution >= 0.6 is 11.8 Å².